The summed E-state index contributed by atoms with van der Waals surface area (Å²) in [6.07, 6.45) is -1.05. The van der Waals surface area contributed by atoms with Gasteiger partial charge in [-0.25, -0.2) is 4.79 Å². The van der Waals surface area contributed by atoms with Crippen LogP contribution in [0.3, 0.4) is 0 Å². The lowest BCUT2D eigenvalue weighted by atomic mass is 9.87. The number of aliphatic hydroxyl groups is 2. The maximum atomic E-state index is 15.3. The van der Waals surface area contributed by atoms with Crippen molar-refractivity contribution in [2.24, 2.45) is 41.4 Å². The van der Waals surface area contributed by atoms with E-state index in [2.05, 4.69) is 26.6 Å². The fraction of sp³-hybridized carbons (Fsp3) is 0.663. The fourth-order valence-electron chi connectivity index (χ4n) is 14.3. The molecule has 2 heterocycles. The van der Waals surface area contributed by atoms with E-state index in [1.54, 1.807) is 105 Å². The summed E-state index contributed by atoms with van der Waals surface area (Å²) in [6, 6.07) is 0.139. The molecule has 654 valence electrons. The van der Waals surface area contributed by atoms with E-state index >= 15 is 28.8 Å². The van der Waals surface area contributed by atoms with E-state index in [4.69, 9.17) is 9.15 Å². The zero-order chi connectivity index (χ0) is 88.9. The van der Waals surface area contributed by atoms with Crippen molar-refractivity contribution in [2.75, 3.05) is 69.1 Å². The summed E-state index contributed by atoms with van der Waals surface area (Å²) in [5.74, 6) is -11.7. The minimum atomic E-state index is -1.68. The maximum Gasteiger partial charge on any atom is 0.354 e. The van der Waals surface area contributed by atoms with Crippen LogP contribution in [0.2, 0.25) is 0 Å². The Morgan fingerprint density at radius 3 is 1.51 bits per heavy atom. The number of rotatable bonds is 25. The van der Waals surface area contributed by atoms with Gasteiger partial charge in [-0.15, -0.1) is 0 Å². The minimum absolute atomic E-state index is 0.0110. The van der Waals surface area contributed by atoms with Gasteiger partial charge in [0.05, 0.1) is 12.7 Å². The lowest BCUT2D eigenvalue weighted by Gasteiger charge is -2.41. The summed E-state index contributed by atoms with van der Waals surface area (Å²) in [6.45, 7) is 32.2. The van der Waals surface area contributed by atoms with Crippen molar-refractivity contribution in [3.63, 3.8) is 0 Å². The second-order valence-corrected chi connectivity index (χ2v) is 36.0. The molecule has 30 nitrogen and oxygen atoms in total. The number of unbranched alkanes of at least 4 members (excludes halogenated alkanes) is 1. The molecule has 2 aromatic carbocycles. The third kappa shape index (κ3) is 27.5. The number of carbonyl (C=O) groups is 12. The van der Waals surface area contributed by atoms with Crippen LogP contribution in [0.5, 0.6) is 11.5 Å². The molecule has 0 radical (unpaired) electrons. The van der Waals surface area contributed by atoms with Crippen LogP contribution >= 0.6 is 11.8 Å². The first-order valence-electron chi connectivity index (χ1n) is 41.0. The van der Waals surface area contributed by atoms with Crippen LogP contribution in [0.4, 0.5) is 0 Å². The molecule has 4 rings (SSSR count). The molecule has 3 aromatic rings. The van der Waals surface area contributed by atoms with Gasteiger partial charge in [0, 0.05) is 72.4 Å². The second-order valence-electron chi connectivity index (χ2n) is 34.9. The zero-order valence-corrected chi connectivity index (χ0v) is 74.8. The summed E-state index contributed by atoms with van der Waals surface area (Å²) in [4.78, 5) is 201. The molecule has 1 fully saturated rings. The maximum absolute atomic E-state index is 15.3. The lowest BCUT2D eigenvalue weighted by molar-refractivity contribution is -0.157. The van der Waals surface area contributed by atoms with Gasteiger partial charge in [0.15, 0.2) is 6.61 Å². The van der Waals surface area contributed by atoms with Crippen LogP contribution in [-0.2, 0) is 62.9 Å². The molecule has 12 amide bonds. The third-order valence-corrected chi connectivity index (χ3v) is 22.5. The molecule has 1 aliphatic rings. The molecule has 1 aromatic heterocycles. The van der Waals surface area contributed by atoms with Crippen LogP contribution in [0.15, 0.2) is 73.6 Å². The number of amides is 12. The Bertz CT molecular complexity index is 3960. The first kappa shape index (κ1) is 100. The Hall–Kier alpha value is -9.10. The van der Waals surface area contributed by atoms with E-state index < -0.39 is 185 Å². The van der Waals surface area contributed by atoms with Gasteiger partial charge in [-0.3, -0.25) is 57.5 Å². The number of hydrogen-bond acceptors (Lipinski definition) is 19. The topological polar surface area (TPSA) is 388 Å². The van der Waals surface area contributed by atoms with Gasteiger partial charge in [-0.1, -0.05) is 167 Å². The molecule has 0 aliphatic carbocycles. The Balaban J connectivity index is 1.83. The Morgan fingerprint density at radius 2 is 1.02 bits per heavy atom. The highest BCUT2D eigenvalue weighted by atomic mass is 32.2. The lowest BCUT2D eigenvalue weighted by Crippen LogP contribution is -2.64. The number of nitrogens with one attached hydrogen (secondary N) is 5. The van der Waals surface area contributed by atoms with Crippen molar-refractivity contribution in [3.8, 4) is 22.8 Å². The van der Waals surface area contributed by atoms with Crippen LogP contribution in [0.1, 0.15) is 188 Å². The van der Waals surface area contributed by atoms with Crippen molar-refractivity contribution in [1.29, 1.82) is 0 Å². The van der Waals surface area contributed by atoms with Crippen LogP contribution in [-0.4, -0.2) is 262 Å². The molecular formula is C86H136N12O18S. The van der Waals surface area contributed by atoms with Gasteiger partial charge in [-0.2, -0.15) is 0 Å². The number of aromatic hydroxyl groups is 1. The van der Waals surface area contributed by atoms with Crippen LogP contribution < -0.4 is 36.9 Å². The standard InChI is InChI=1S/C86H136N12O18S/c1-27-58-79(108)96(24)64(45-99)82(111)92(20)61(40-48(4)5)76(105)91-69(51(10)11)83(112)93(21)60(39-47(2)3)75(104)90-59(35-31-32-38-87-68(101)46-115-56-36-37-67(57(43-56)86(17,18)19)117-73-65(100)44-66(116-85(73)114)55-33-29-28-30-34-55)74(103)88-54(16)78(107)94(22)62(41-49(6)7)80(109)95(23)63(42-50(8)9)81(110)97(25)70(52(12)13)84(113)98(26)71(77(106)89-58)72(102)53(14)15/h28-30,33-34,36-37,43-44,47-54,58-64,69-72,99-100,102H,27,31-32,35,38-42,45-46H2,1-26H3,(H,87,101)(H,88,103)(H,89,106)(H,90,104)(H,91,105). The van der Waals surface area contributed by atoms with Gasteiger partial charge in [0.1, 0.15) is 88.6 Å². The second kappa shape index (κ2) is 45.2. The molecular weight excluding hydrogens is 1520 g/mol. The predicted molar refractivity (Wildman–Crippen MR) is 449 cm³/mol. The molecule has 1 saturated heterocycles. The van der Waals surface area contributed by atoms with Crippen molar-refractivity contribution in [1.82, 2.24) is 60.9 Å². The number of aliphatic hydroxyl groups excluding tert-OH is 2. The summed E-state index contributed by atoms with van der Waals surface area (Å²) in [7, 11) is 9.50. The Labute approximate surface area is 696 Å². The van der Waals surface area contributed by atoms with E-state index in [1.807, 2.05) is 68.4 Å². The highest BCUT2D eigenvalue weighted by Crippen LogP contribution is 2.41. The normalized spacial score (nSPS) is 23.1. The summed E-state index contributed by atoms with van der Waals surface area (Å²) >= 11 is 1.04. The van der Waals surface area contributed by atoms with Gasteiger partial charge < -0.3 is 85.4 Å². The van der Waals surface area contributed by atoms with Crippen LogP contribution in [0, 0.1) is 41.4 Å². The monoisotopic (exact) mass is 1660 g/mol. The zero-order valence-electron chi connectivity index (χ0n) is 73.9. The summed E-state index contributed by atoms with van der Waals surface area (Å²) < 4.78 is 11.6. The highest BCUT2D eigenvalue weighted by Gasteiger charge is 2.47. The number of carbonyl (C=O) groups excluding carboxylic acids is 12. The quantitative estimate of drug-likeness (QED) is 0.0404. The van der Waals surface area contributed by atoms with Crippen molar-refractivity contribution >= 4 is 82.6 Å². The van der Waals surface area contributed by atoms with Gasteiger partial charge in [0.2, 0.25) is 65.0 Å². The molecule has 0 bridgehead atoms. The predicted octanol–water partition coefficient (Wildman–Crippen LogP) is 6.80. The fourth-order valence-corrected chi connectivity index (χ4v) is 15.4. The van der Waals surface area contributed by atoms with E-state index in [0.717, 1.165) is 32.0 Å². The van der Waals surface area contributed by atoms with E-state index in [0.29, 0.717) is 16.2 Å². The third-order valence-electron chi connectivity index (χ3n) is 21.3. The van der Waals surface area contributed by atoms with Gasteiger partial charge in [-0.05, 0) is 129 Å². The molecule has 117 heavy (non-hydrogen) atoms. The van der Waals surface area contributed by atoms with E-state index in [-0.39, 0.29) is 98.0 Å². The van der Waals surface area contributed by atoms with Crippen molar-refractivity contribution < 1.29 is 82.0 Å². The summed E-state index contributed by atoms with van der Waals surface area (Å²) in [5.41, 5.74) is 0.133. The molecule has 1 aliphatic heterocycles. The molecule has 8 N–H and O–H groups in total. The molecule has 0 spiro atoms. The molecule has 31 heteroatoms. The van der Waals surface area contributed by atoms with Gasteiger partial charge in [0.25, 0.3) is 5.91 Å². The van der Waals surface area contributed by atoms with E-state index in [1.165, 1.54) is 81.9 Å². The SMILES string of the molecule is CCC1NC(=O)C(C(O)C(C)C)N(C)C(=O)C(C(C)C)N(C)C(=O)C(CC(C)C)N(C)C(=O)C(CC(C)C)N(C)C(=O)C(C)NC(=O)C(CCCCNC(=O)COc2ccc(Sc3c(O)cc(-c4ccccc4)oc3=O)c(C(C)(C)C)c2)NC(=O)C(CC(C)C)N(C)C(=O)C(C(C)C)NC(=O)C(CC(C)C)N(C)C(=O)C(CO)N(C)C1=O. The largest absolute Gasteiger partial charge is 0.506 e. The van der Waals surface area contributed by atoms with Gasteiger partial charge >= 0.3 is 5.63 Å². The number of hydrogen-bond donors (Lipinski definition) is 8. The molecule has 0 saturated carbocycles. The molecule has 12 atom stereocenters. The number of ether oxygens (including phenoxy) is 1. The highest BCUT2D eigenvalue weighted by molar-refractivity contribution is 7.99. The smallest absolute Gasteiger partial charge is 0.354 e. The molecule has 12 unspecified atom stereocenters. The first-order valence-corrected chi connectivity index (χ1v) is 41.8. The number of likely N-dealkylation sites (N-methyl/N-ethyl adjacent to an activating group) is 7. The Morgan fingerprint density at radius 1 is 0.538 bits per heavy atom. The number of benzene rings is 2. The average Bonchev–Trinajstić information content (AvgIpc) is 0.754. The number of nitrogens with zero attached hydrogens (tertiary/aromatic N) is 7. The Kier molecular flexibility index (Phi) is 38.7. The van der Waals surface area contributed by atoms with E-state index in [9.17, 15) is 48.9 Å². The van der Waals surface area contributed by atoms with Crippen molar-refractivity contribution in [2.45, 2.75) is 271 Å². The summed E-state index contributed by atoms with van der Waals surface area (Å²) in [5, 5.41) is 48.0. The van der Waals surface area contributed by atoms with Crippen LogP contribution in [0.25, 0.3) is 11.3 Å². The first-order chi connectivity index (χ1) is 54.4. The average molecular weight is 1660 g/mol. The van der Waals surface area contributed by atoms with Crippen molar-refractivity contribution in [3.05, 3.63) is 70.6 Å². The minimum Gasteiger partial charge on any atom is -0.506 e.